The van der Waals surface area contributed by atoms with Crippen molar-refractivity contribution in [3.8, 4) is 5.75 Å². The van der Waals surface area contributed by atoms with Gasteiger partial charge in [0.1, 0.15) is 11.5 Å². The summed E-state index contributed by atoms with van der Waals surface area (Å²) in [7, 11) is 1.64. The van der Waals surface area contributed by atoms with Crippen molar-refractivity contribution in [2.45, 2.75) is 19.3 Å². The summed E-state index contributed by atoms with van der Waals surface area (Å²) in [4.78, 5) is 16.1. The lowest BCUT2D eigenvalue weighted by Crippen LogP contribution is -2.05. The van der Waals surface area contributed by atoms with Gasteiger partial charge in [-0.1, -0.05) is 12.1 Å². The summed E-state index contributed by atoms with van der Waals surface area (Å²) in [6.07, 6.45) is 3.39. The lowest BCUT2D eigenvalue weighted by Gasteiger charge is -2.04. The highest BCUT2D eigenvalue weighted by molar-refractivity contribution is 9.10. The zero-order chi connectivity index (χ0) is 14.4. The van der Waals surface area contributed by atoms with Gasteiger partial charge in [0.2, 0.25) is 0 Å². The minimum atomic E-state index is 0.204. The SMILES string of the molecule is COc1ccc(CCC(=O)Cc2ccc(Br)cn2)cc1. The highest BCUT2D eigenvalue weighted by Gasteiger charge is 2.05. The third-order valence-corrected chi connectivity index (χ3v) is 3.49. The number of nitrogens with zero attached hydrogens (tertiary/aromatic N) is 1. The fourth-order valence-corrected chi connectivity index (χ4v) is 2.11. The fraction of sp³-hybridized carbons (Fsp3) is 0.250. The highest BCUT2D eigenvalue weighted by atomic mass is 79.9. The molecule has 0 spiro atoms. The molecule has 2 rings (SSSR count). The van der Waals surface area contributed by atoms with Crippen LogP contribution in [0.4, 0.5) is 0 Å². The lowest BCUT2D eigenvalue weighted by atomic mass is 10.0. The fourth-order valence-electron chi connectivity index (χ4n) is 1.88. The van der Waals surface area contributed by atoms with Gasteiger partial charge in [-0.15, -0.1) is 0 Å². The Hall–Kier alpha value is -1.68. The van der Waals surface area contributed by atoms with E-state index in [-0.39, 0.29) is 5.78 Å². The van der Waals surface area contributed by atoms with Crippen molar-refractivity contribution in [2.24, 2.45) is 0 Å². The standard InChI is InChI=1S/C16H16BrNO2/c1-20-16-8-3-12(4-9-16)2-7-15(19)10-14-6-5-13(17)11-18-14/h3-6,8-9,11H,2,7,10H2,1H3. The molecule has 0 saturated carbocycles. The first-order valence-electron chi connectivity index (χ1n) is 6.42. The van der Waals surface area contributed by atoms with Crippen LogP contribution in [0.2, 0.25) is 0 Å². The number of rotatable bonds is 6. The number of ether oxygens (including phenoxy) is 1. The molecule has 0 amide bonds. The molecular formula is C16H16BrNO2. The first kappa shape index (κ1) is 14.7. The molecule has 1 heterocycles. The van der Waals surface area contributed by atoms with E-state index >= 15 is 0 Å². The molecule has 0 aliphatic heterocycles. The average molecular weight is 334 g/mol. The van der Waals surface area contributed by atoms with Gasteiger partial charge in [0.25, 0.3) is 0 Å². The molecule has 1 aromatic heterocycles. The van der Waals surface area contributed by atoms with Crippen molar-refractivity contribution in [2.75, 3.05) is 7.11 Å². The van der Waals surface area contributed by atoms with Gasteiger partial charge >= 0.3 is 0 Å². The number of carbonyl (C=O) groups excluding carboxylic acids is 1. The van der Waals surface area contributed by atoms with Crippen LogP contribution in [-0.4, -0.2) is 17.9 Å². The Morgan fingerprint density at radius 3 is 2.55 bits per heavy atom. The monoisotopic (exact) mass is 333 g/mol. The van der Waals surface area contributed by atoms with Crippen molar-refractivity contribution < 1.29 is 9.53 Å². The lowest BCUT2D eigenvalue weighted by molar-refractivity contribution is -0.118. The number of methoxy groups -OCH3 is 1. The third kappa shape index (κ3) is 4.46. The van der Waals surface area contributed by atoms with E-state index in [0.717, 1.165) is 27.9 Å². The molecule has 20 heavy (non-hydrogen) atoms. The van der Waals surface area contributed by atoms with E-state index in [0.29, 0.717) is 12.8 Å². The molecule has 0 saturated heterocycles. The Kier molecular flexibility index (Phi) is 5.30. The van der Waals surface area contributed by atoms with Crippen molar-refractivity contribution >= 4 is 21.7 Å². The number of Topliss-reactive ketones (excluding diaryl/α,β-unsaturated/α-hetero) is 1. The summed E-state index contributed by atoms with van der Waals surface area (Å²) in [5, 5.41) is 0. The van der Waals surface area contributed by atoms with Crippen LogP contribution < -0.4 is 4.74 Å². The maximum absolute atomic E-state index is 11.9. The van der Waals surface area contributed by atoms with Crippen LogP contribution in [-0.2, 0) is 17.6 Å². The minimum Gasteiger partial charge on any atom is -0.497 e. The Labute approximate surface area is 127 Å². The van der Waals surface area contributed by atoms with E-state index < -0.39 is 0 Å². The normalized spacial score (nSPS) is 10.3. The number of pyridine rings is 1. The predicted molar refractivity (Wildman–Crippen MR) is 82.0 cm³/mol. The van der Waals surface area contributed by atoms with E-state index in [1.165, 1.54) is 0 Å². The minimum absolute atomic E-state index is 0.204. The van der Waals surface area contributed by atoms with Crippen molar-refractivity contribution in [3.63, 3.8) is 0 Å². The van der Waals surface area contributed by atoms with E-state index in [2.05, 4.69) is 20.9 Å². The molecular weight excluding hydrogens is 318 g/mol. The zero-order valence-electron chi connectivity index (χ0n) is 11.3. The van der Waals surface area contributed by atoms with Gasteiger partial charge in [-0.05, 0) is 52.2 Å². The second kappa shape index (κ2) is 7.20. The molecule has 0 aliphatic rings. The Morgan fingerprint density at radius 2 is 1.95 bits per heavy atom. The maximum atomic E-state index is 11.9. The topological polar surface area (TPSA) is 39.2 Å². The third-order valence-electron chi connectivity index (χ3n) is 3.02. The van der Waals surface area contributed by atoms with E-state index in [9.17, 15) is 4.79 Å². The molecule has 2 aromatic rings. The molecule has 0 aliphatic carbocycles. The number of ketones is 1. The Morgan fingerprint density at radius 1 is 1.20 bits per heavy atom. The van der Waals surface area contributed by atoms with Crippen LogP contribution in [0.25, 0.3) is 0 Å². The van der Waals surface area contributed by atoms with E-state index in [4.69, 9.17) is 4.74 Å². The molecule has 4 heteroatoms. The number of hydrogen-bond donors (Lipinski definition) is 0. The molecule has 0 bridgehead atoms. The van der Waals surface area contributed by atoms with Crippen molar-refractivity contribution in [1.82, 2.24) is 4.98 Å². The van der Waals surface area contributed by atoms with Crippen LogP contribution in [0.1, 0.15) is 17.7 Å². The van der Waals surface area contributed by atoms with Crippen LogP contribution in [0, 0.1) is 0 Å². The summed E-state index contributed by atoms with van der Waals surface area (Å²) in [5.41, 5.74) is 1.95. The molecule has 0 N–H and O–H groups in total. The van der Waals surface area contributed by atoms with Gasteiger partial charge in [0, 0.05) is 29.2 Å². The van der Waals surface area contributed by atoms with Gasteiger partial charge in [-0.2, -0.15) is 0 Å². The van der Waals surface area contributed by atoms with Gasteiger partial charge in [0.05, 0.1) is 7.11 Å². The van der Waals surface area contributed by atoms with Gasteiger partial charge in [-0.3, -0.25) is 9.78 Å². The smallest absolute Gasteiger partial charge is 0.139 e. The number of carbonyl (C=O) groups is 1. The molecule has 0 fully saturated rings. The molecule has 0 radical (unpaired) electrons. The summed E-state index contributed by atoms with van der Waals surface area (Å²) in [6, 6.07) is 11.6. The zero-order valence-corrected chi connectivity index (χ0v) is 12.9. The molecule has 3 nitrogen and oxygen atoms in total. The highest BCUT2D eigenvalue weighted by Crippen LogP contribution is 2.13. The van der Waals surface area contributed by atoms with Crippen LogP contribution in [0.5, 0.6) is 5.75 Å². The van der Waals surface area contributed by atoms with E-state index in [1.54, 1.807) is 13.3 Å². The number of aromatic nitrogens is 1. The summed E-state index contributed by atoms with van der Waals surface area (Å²) in [6.45, 7) is 0. The molecule has 0 atom stereocenters. The molecule has 0 unspecified atom stereocenters. The van der Waals surface area contributed by atoms with Gasteiger partial charge in [0.15, 0.2) is 0 Å². The number of benzene rings is 1. The first-order chi connectivity index (χ1) is 9.67. The maximum Gasteiger partial charge on any atom is 0.139 e. The van der Waals surface area contributed by atoms with Gasteiger partial charge < -0.3 is 4.74 Å². The van der Waals surface area contributed by atoms with Crippen molar-refractivity contribution in [3.05, 3.63) is 58.3 Å². The average Bonchev–Trinajstić information content (AvgIpc) is 2.48. The first-order valence-corrected chi connectivity index (χ1v) is 7.22. The van der Waals surface area contributed by atoms with Crippen LogP contribution in [0.3, 0.4) is 0 Å². The summed E-state index contributed by atoms with van der Waals surface area (Å²) < 4.78 is 6.03. The van der Waals surface area contributed by atoms with Crippen LogP contribution in [0.15, 0.2) is 47.1 Å². The largest absolute Gasteiger partial charge is 0.497 e. The Bertz CT molecular complexity index is 564. The number of hydrogen-bond acceptors (Lipinski definition) is 3. The van der Waals surface area contributed by atoms with Crippen molar-refractivity contribution in [1.29, 1.82) is 0 Å². The number of aryl methyl sites for hydroxylation is 1. The molecule has 1 aromatic carbocycles. The van der Waals surface area contributed by atoms with E-state index in [1.807, 2.05) is 36.4 Å². The van der Waals surface area contributed by atoms with Crippen LogP contribution >= 0.6 is 15.9 Å². The Balaban J connectivity index is 1.83. The predicted octanol–water partition coefficient (Wildman–Crippen LogP) is 3.60. The second-order valence-corrected chi connectivity index (χ2v) is 5.45. The summed E-state index contributed by atoms with van der Waals surface area (Å²) in [5.74, 6) is 1.04. The van der Waals surface area contributed by atoms with Gasteiger partial charge in [-0.25, -0.2) is 0 Å². The summed E-state index contributed by atoms with van der Waals surface area (Å²) >= 11 is 3.33. The number of halogens is 1. The quantitative estimate of drug-likeness (QED) is 0.810. The molecule has 104 valence electrons. The second-order valence-electron chi connectivity index (χ2n) is 4.53.